The summed E-state index contributed by atoms with van der Waals surface area (Å²) in [5.74, 6) is 0. The van der Waals surface area contributed by atoms with E-state index in [0.717, 1.165) is 0 Å². The zero-order chi connectivity index (χ0) is 6.91. The normalized spacial score (nSPS) is 24.6. The van der Waals surface area contributed by atoms with Gasteiger partial charge < -0.3 is 5.01 Å². The predicted molar refractivity (Wildman–Crippen MR) is 37.3 cm³/mol. The summed E-state index contributed by atoms with van der Waals surface area (Å²) in [6, 6.07) is 0. The van der Waals surface area contributed by atoms with Crippen molar-refractivity contribution >= 4 is 0 Å². The minimum Gasteiger partial charge on any atom is -0.306 e. The maximum absolute atomic E-state index is 3.10. The van der Waals surface area contributed by atoms with Crippen LogP contribution in [0.3, 0.4) is 0 Å². The molecule has 0 saturated heterocycles. The van der Waals surface area contributed by atoms with Crippen molar-refractivity contribution in [2.24, 2.45) is 0 Å². The van der Waals surface area contributed by atoms with Crippen molar-refractivity contribution < 1.29 is 0 Å². The summed E-state index contributed by atoms with van der Waals surface area (Å²) in [6.45, 7) is 4.20. The Balaban J connectivity index is 2.58. The Morgan fingerprint density at radius 3 is 2.44 bits per heavy atom. The van der Waals surface area contributed by atoms with Gasteiger partial charge in [-0.15, -0.1) is 0 Å². The summed E-state index contributed by atoms with van der Waals surface area (Å²) in [6.07, 6.45) is 4.10. The van der Waals surface area contributed by atoms with Gasteiger partial charge in [-0.3, -0.25) is 0 Å². The monoisotopic (exact) mass is 127 g/mol. The molecule has 0 aromatic carbocycles. The Morgan fingerprint density at radius 2 is 2.11 bits per heavy atom. The van der Waals surface area contributed by atoms with Crippen molar-refractivity contribution in [3.63, 3.8) is 0 Å². The molecule has 52 valence electrons. The molecule has 1 rings (SSSR count). The summed E-state index contributed by atoms with van der Waals surface area (Å²) in [5, 5.41) is 1.87. The van der Waals surface area contributed by atoms with Crippen LogP contribution in [0.25, 0.3) is 0 Å². The molecule has 0 unspecified atom stereocenters. The largest absolute Gasteiger partial charge is 0.306 e. The van der Waals surface area contributed by atoms with Gasteiger partial charge in [0.2, 0.25) is 0 Å². The van der Waals surface area contributed by atoms with Gasteiger partial charge in [0.1, 0.15) is 0 Å². The van der Waals surface area contributed by atoms with E-state index in [9.17, 15) is 0 Å². The molecule has 9 heavy (non-hydrogen) atoms. The third-order valence-electron chi connectivity index (χ3n) is 1.27. The van der Waals surface area contributed by atoms with Crippen molar-refractivity contribution in [2.45, 2.75) is 19.4 Å². The second-order valence-corrected chi connectivity index (χ2v) is 2.89. The molecule has 1 heterocycles. The molecule has 0 aromatic rings. The summed E-state index contributed by atoms with van der Waals surface area (Å²) in [4.78, 5) is 0. The van der Waals surface area contributed by atoms with Crippen LogP contribution < -0.4 is 11.0 Å². The standard InChI is InChI=1S/C6H13N3/c1-6(2)4-5-9(3)8-7-6/h4-5,7-8H,1-3H3. The topological polar surface area (TPSA) is 27.3 Å². The zero-order valence-corrected chi connectivity index (χ0v) is 6.10. The number of rotatable bonds is 0. The lowest BCUT2D eigenvalue weighted by atomic mass is 10.1. The first-order chi connectivity index (χ1) is 4.10. The number of nitrogens with one attached hydrogen (secondary N) is 2. The van der Waals surface area contributed by atoms with Crippen LogP contribution in [0.1, 0.15) is 13.8 Å². The SMILES string of the molecule is CN1C=CC(C)(C)NN1. The summed E-state index contributed by atoms with van der Waals surface area (Å²) >= 11 is 0. The molecule has 0 radical (unpaired) electrons. The zero-order valence-electron chi connectivity index (χ0n) is 6.10. The van der Waals surface area contributed by atoms with E-state index in [1.54, 1.807) is 0 Å². The average Bonchev–Trinajstić information content (AvgIpc) is 1.78. The molecule has 1 aliphatic heterocycles. The van der Waals surface area contributed by atoms with E-state index in [1.807, 2.05) is 18.3 Å². The van der Waals surface area contributed by atoms with Crippen LogP contribution >= 0.6 is 0 Å². The fourth-order valence-electron chi connectivity index (χ4n) is 0.609. The Bertz CT molecular complexity index is 128. The van der Waals surface area contributed by atoms with E-state index in [4.69, 9.17) is 0 Å². The van der Waals surface area contributed by atoms with Gasteiger partial charge in [-0.2, -0.15) is 5.53 Å². The molecule has 0 aromatic heterocycles. The lowest BCUT2D eigenvalue weighted by molar-refractivity contribution is 0.199. The van der Waals surface area contributed by atoms with Gasteiger partial charge in [0.25, 0.3) is 0 Å². The van der Waals surface area contributed by atoms with Crippen molar-refractivity contribution in [3.8, 4) is 0 Å². The van der Waals surface area contributed by atoms with Crippen LogP contribution in [0, 0.1) is 0 Å². The highest BCUT2D eigenvalue weighted by atomic mass is 15.7. The van der Waals surface area contributed by atoms with E-state index in [2.05, 4.69) is 30.9 Å². The first-order valence-electron chi connectivity index (χ1n) is 3.05. The predicted octanol–water partition coefficient (Wildman–Crippen LogP) is 0.233. The molecule has 3 nitrogen and oxygen atoms in total. The minimum absolute atomic E-state index is 0.0759. The molecule has 0 aliphatic carbocycles. The minimum atomic E-state index is 0.0759. The van der Waals surface area contributed by atoms with Crippen molar-refractivity contribution in [3.05, 3.63) is 12.3 Å². The molecule has 0 atom stereocenters. The van der Waals surface area contributed by atoms with Crippen LogP contribution in [-0.4, -0.2) is 17.6 Å². The highest BCUT2D eigenvalue weighted by Gasteiger charge is 2.15. The fourth-order valence-corrected chi connectivity index (χ4v) is 0.609. The van der Waals surface area contributed by atoms with Gasteiger partial charge in [-0.1, -0.05) is 0 Å². The summed E-state index contributed by atoms with van der Waals surface area (Å²) < 4.78 is 0. The summed E-state index contributed by atoms with van der Waals surface area (Å²) in [7, 11) is 1.94. The number of nitrogens with zero attached hydrogens (tertiary/aromatic N) is 1. The first kappa shape index (κ1) is 6.58. The van der Waals surface area contributed by atoms with Gasteiger partial charge in [0, 0.05) is 18.8 Å². The Hall–Kier alpha value is -0.540. The molecule has 0 amide bonds. The van der Waals surface area contributed by atoms with Crippen molar-refractivity contribution in [2.75, 3.05) is 7.05 Å². The van der Waals surface area contributed by atoms with E-state index in [-0.39, 0.29) is 5.54 Å². The van der Waals surface area contributed by atoms with E-state index >= 15 is 0 Å². The molecule has 0 saturated carbocycles. The number of hydrogen-bond acceptors (Lipinski definition) is 3. The maximum Gasteiger partial charge on any atom is 0.0481 e. The van der Waals surface area contributed by atoms with Gasteiger partial charge in [-0.05, 0) is 19.9 Å². The smallest absolute Gasteiger partial charge is 0.0481 e. The summed E-state index contributed by atoms with van der Waals surface area (Å²) in [5.41, 5.74) is 6.14. The van der Waals surface area contributed by atoms with Gasteiger partial charge >= 0.3 is 0 Å². The molecule has 0 bridgehead atoms. The Kier molecular flexibility index (Phi) is 1.47. The van der Waals surface area contributed by atoms with Crippen LogP contribution in [0.4, 0.5) is 0 Å². The van der Waals surface area contributed by atoms with Crippen LogP contribution in [0.15, 0.2) is 12.3 Å². The lowest BCUT2D eigenvalue weighted by Crippen LogP contribution is -2.55. The molecule has 3 heteroatoms. The third-order valence-corrected chi connectivity index (χ3v) is 1.27. The maximum atomic E-state index is 3.10. The van der Waals surface area contributed by atoms with E-state index < -0.39 is 0 Å². The highest BCUT2D eigenvalue weighted by molar-refractivity contribution is 5.01. The van der Waals surface area contributed by atoms with Crippen molar-refractivity contribution in [1.29, 1.82) is 0 Å². The molecular formula is C6H13N3. The fraction of sp³-hybridized carbons (Fsp3) is 0.667. The van der Waals surface area contributed by atoms with Gasteiger partial charge in [0.15, 0.2) is 0 Å². The lowest BCUT2D eigenvalue weighted by Gasteiger charge is -2.31. The van der Waals surface area contributed by atoms with Crippen molar-refractivity contribution in [1.82, 2.24) is 16.0 Å². The second kappa shape index (κ2) is 2.01. The highest BCUT2D eigenvalue weighted by Crippen LogP contribution is 2.05. The van der Waals surface area contributed by atoms with Gasteiger partial charge in [-0.25, -0.2) is 5.43 Å². The molecule has 1 aliphatic rings. The third kappa shape index (κ3) is 1.69. The first-order valence-corrected chi connectivity index (χ1v) is 3.05. The second-order valence-electron chi connectivity index (χ2n) is 2.89. The number of hydrazine groups is 2. The van der Waals surface area contributed by atoms with Crippen LogP contribution in [0.2, 0.25) is 0 Å². The molecular weight excluding hydrogens is 114 g/mol. The quantitative estimate of drug-likeness (QED) is 0.488. The van der Waals surface area contributed by atoms with E-state index in [0.29, 0.717) is 0 Å². The number of hydrogen-bond donors (Lipinski definition) is 2. The van der Waals surface area contributed by atoms with Crippen LogP contribution in [0.5, 0.6) is 0 Å². The average molecular weight is 127 g/mol. The Morgan fingerprint density at radius 1 is 1.44 bits per heavy atom. The van der Waals surface area contributed by atoms with Crippen LogP contribution in [-0.2, 0) is 0 Å². The van der Waals surface area contributed by atoms with Gasteiger partial charge in [0.05, 0.1) is 0 Å². The Labute approximate surface area is 55.7 Å². The molecule has 2 N–H and O–H groups in total. The molecule has 0 spiro atoms. The molecule has 0 fully saturated rings. The van der Waals surface area contributed by atoms with E-state index in [1.165, 1.54) is 0 Å².